The maximum Gasteiger partial charge on any atom is 0.355 e. The van der Waals surface area contributed by atoms with Crippen LogP contribution < -0.4 is 17.0 Å². The van der Waals surface area contributed by atoms with E-state index in [0.29, 0.717) is 23.5 Å². The highest BCUT2D eigenvalue weighted by Gasteiger charge is 2.44. The van der Waals surface area contributed by atoms with Crippen LogP contribution in [0.25, 0.3) is 16.9 Å². The molecular weight excluding hydrogens is 495 g/mol. The summed E-state index contributed by atoms with van der Waals surface area (Å²) in [6.45, 7) is 1.01. The molecule has 8 rings (SSSR count). The average Bonchev–Trinajstić information content (AvgIpc) is 2.90. The fraction of sp³-hybridized carbons (Fsp3) is 0.600. The Morgan fingerprint density at radius 3 is 2.46 bits per heavy atom. The lowest BCUT2D eigenvalue weighted by molar-refractivity contribution is -0.0232. The van der Waals surface area contributed by atoms with E-state index in [9.17, 15) is 14.0 Å². The molecule has 5 fully saturated rings. The molecule has 4 heterocycles. The zero-order valence-electron chi connectivity index (χ0n) is 22.3. The first-order valence-corrected chi connectivity index (χ1v) is 14.8. The number of aromatic nitrogens is 4. The fourth-order valence-corrected chi connectivity index (χ4v) is 8.46. The van der Waals surface area contributed by atoms with Crippen LogP contribution in [0, 0.1) is 23.6 Å². The van der Waals surface area contributed by atoms with Gasteiger partial charge in [-0.15, -0.1) is 0 Å². The van der Waals surface area contributed by atoms with Crippen LogP contribution in [0.3, 0.4) is 0 Å². The van der Waals surface area contributed by atoms with E-state index in [0.717, 1.165) is 53.9 Å². The molecule has 2 aromatic heterocycles. The molecule has 9 heteroatoms. The third-order valence-electron chi connectivity index (χ3n) is 10.2. The number of nitrogens with zero attached hydrogens (tertiary/aromatic N) is 5. The Morgan fingerprint density at radius 1 is 0.872 bits per heavy atom. The monoisotopic (exact) mass is 532 g/mol. The van der Waals surface area contributed by atoms with Crippen molar-refractivity contribution in [1.82, 2.24) is 24.0 Å². The van der Waals surface area contributed by atoms with E-state index >= 15 is 0 Å². The topological polar surface area (TPSA) is 99.0 Å². The molecule has 1 aromatic carbocycles. The Balaban J connectivity index is 1.31. The summed E-state index contributed by atoms with van der Waals surface area (Å²) in [5, 5.41) is 0. The Bertz CT molecular complexity index is 1510. The fourth-order valence-electron chi connectivity index (χ4n) is 8.46. The van der Waals surface area contributed by atoms with Crippen LogP contribution in [0.5, 0.6) is 0 Å². The number of benzene rings is 1. The number of nitrogen functional groups attached to an aromatic ring is 1. The van der Waals surface area contributed by atoms with Gasteiger partial charge in [-0.05, 0) is 68.4 Å². The predicted octanol–water partition coefficient (Wildman–Crippen LogP) is 4.44. The van der Waals surface area contributed by atoms with Crippen molar-refractivity contribution in [3.8, 4) is 5.82 Å². The van der Waals surface area contributed by atoms with Gasteiger partial charge in [-0.3, -0.25) is 9.69 Å². The normalized spacial score (nSPS) is 31.2. The molecule has 3 aromatic rings. The predicted molar refractivity (Wildman–Crippen MR) is 148 cm³/mol. The number of para-hydroxylation sites is 2. The van der Waals surface area contributed by atoms with E-state index in [2.05, 4.69) is 14.9 Å². The van der Waals surface area contributed by atoms with Crippen LogP contribution in [0.4, 0.5) is 10.2 Å². The van der Waals surface area contributed by atoms with Gasteiger partial charge in [-0.1, -0.05) is 44.2 Å². The highest BCUT2D eigenvalue weighted by molar-refractivity contribution is 5.75. The first kappa shape index (κ1) is 24.9. The van der Waals surface area contributed by atoms with Gasteiger partial charge in [-0.2, -0.15) is 4.98 Å². The highest BCUT2D eigenvalue weighted by atomic mass is 19.1. The van der Waals surface area contributed by atoms with Crippen molar-refractivity contribution in [3.63, 3.8) is 0 Å². The molecule has 5 atom stereocenters. The molecule has 5 aliphatic rings. The van der Waals surface area contributed by atoms with Crippen molar-refractivity contribution in [3.05, 3.63) is 57.1 Å². The lowest BCUT2D eigenvalue weighted by atomic mass is 9.68. The lowest BCUT2D eigenvalue weighted by Gasteiger charge is -2.53. The Kier molecular flexibility index (Phi) is 6.29. The molecule has 5 unspecified atom stereocenters. The molecule has 3 saturated carbocycles. The first-order valence-electron chi connectivity index (χ1n) is 14.8. The van der Waals surface area contributed by atoms with Crippen molar-refractivity contribution in [2.75, 3.05) is 12.3 Å². The second kappa shape index (κ2) is 9.84. The van der Waals surface area contributed by atoms with E-state index in [4.69, 9.17) is 5.73 Å². The van der Waals surface area contributed by atoms with Crippen molar-refractivity contribution in [1.29, 1.82) is 0 Å². The molecule has 0 spiro atoms. The van der Waals surface area contributed by atoms with Crippen LogP contribution in [0.15, 0.2) is 40.1 Å². The molecule has 4 bridgehead atoms. The molecule has 206 valence electrons. The summed E-state index contributed by atoms with van der Waals surface area (Å²) in [6.07, 6.45) is 14.7. The van der Waals surface area contributed by atoms with Gasteiger partial charge in [0, 0.05) is 24.7 Å². The number of rotatable bonds is 3. The van der Waals surface area contributed by atoms with Gasteiger partial charge in [0.15, 0.2) is 11.6 Å². The summed E-state index contributed by atoms with van der Waals surface area (Å²) in [4.78, 5) is 37.8. The van der Waals surface area contributed by atoms with Crippen molar-refractivity contribution in [2.24, 2.45) is 17.8 Å². The smallest absolute Gasteiger partial charge is 0.355 e. The Labute approximate surface area is 227 Å². The largest absolute Gasteiger partial charge is 0.381 e. The second-order valence-corrected chi connectivity index (χ2v) is 12.4. The van der Waals surface area contributed by atoms with Crippen LogP contribution in [0.1, 0.15) is 76.7 Å². The summed E-state index contributed by atoms with van der Waals surface area (Å²) in [5.74, 6) is 0.625. The van der Waals surface area contributed by atoms with Crippen molar-refractivity contribution >= 4 is 16.9 Å². The van der Waals surface area contributed by atoms with Crippen LogP contribution >= 0.6 is 0 Å². The number of halogens is 1. The van der Waals surface area contributed by atoms with Gasteiger partial charge >= 0.3 is 5.69 Å². The summed E-state index contributed by atoms with van der Waals surface area (Å²) in [6, 6.07) is 8.66. The molecule has 2 saturated heterocycles. The van der Waals surface area contributed by atoms with Gasteiger partial charge in [0.1, 0.15) is 0 Å². The Morgan fingerprint density at radius 2 is 1.64 bits per heavy atom. The number of nitrogens with two attached hydrogens (primary N) is 1. The van der Waals surface area contributed by atoms with Gasteiger partial charge in [-0.25, -0.2) is 18.7 Å². The maximum absolute atomic E-state index is 14.4. The number of fused-ring (bicyclic) bond motifs is 8. The van der Waals surface area contributed by atoms with Gasteiger partial charge in [0.05, 0.1) is 17.2 Å². The van der Waals surface area contributed by atoms with Gasteiger partial charge in [0.25, 0.3) is 5.56 Å². The minimum absolute atomic E-state index is 0.00363. The van der Waals surface area contributed by atoms with E-state index in [1.54, 1.807) is 0 Å². The lowest BCUT2D eigenvalue weighted by Crippen LogP contribution is -2.56. The third-order valence-corrected chi connectivity index (χ3v) is 10.2. The van der Waals surface area contributed by atoms with Gasteiger partial charge < -0.3 is 10.3 Å². The molecule has 0 amide bonds. The molecule has 39 heavy (non-hydrogen) atoms. The minimum atomic E-state index is -0.853. The summed E-state index contributed by atoms with van der Waals surface area (Å²) in [7, 11) is 0. The molecule has 2 aliphatic heterocycles. The maximum atomic E-state index is 14.4. The quantitative estimate of drug-likeness (QED) is 0.536. The summed E-state index contributed by atoms with van der Waals surface area (Å²) in [5.41, 5.74) is 5.69. The highest BCUT2D eigenvalue weighted by Crippen LogP contribution is 2.46. The number of piperidine rings is 1. The van der Waals surface area contributed by atoms with E-state index in [1.807, 2.05) is 28.8 Å². The second-order valence-electron chi connectivity index (χ2n) is 12.4. The van der Waals surface area contributed by atoms with Crippen LogP contribution in [-0.2, 0) is 0 Å². The minimum Gasteiger partial charge on any atom is -0.381 e. The van der Waals surface area contributed by atoms with Crippen molar-refractivity contribution in [2.45, 2.75) is 88.8 Å². The van der Waals surface area contributed by atoms with Crippen LogP contribution in [-0.4, -0.2) is 42.6 Å². The summed E-state index contributed by atoms with van der Waals surface area (Å²) < 4.78 is 17.2. The number of hydrogen-bond acceptors (Lipinski definition) is 6. The summed E-state index contributed by atoms with van der Waals surface area (Å²) >= 11 is 0. The zero-order chi connectivity index (χ0) is 26.7. The van der Waals surface area contributed by atoms with Crippen molar-refractivity contribution < 1.29 is 4.39 Å². The number of anilines is 1. The molecule has 2 N–H and O–H groups in total. The molecular formula is C30H37FN6O2. The van der Waals surface area contributed by atoms with Gasteiger partial charge in [0.2, 0.25) is 5.82 Å². The zero-order valence-corrected chi connectivity index (χ0v) is 22.3. The van der Waals surface area contributed by atoms with Crippen LogP contribution in [0.2, 0.25) is 0 Å². The molecule has 3 aliphatic carbocycles. The van der Waals surface area contributed by atoms with E-state index in [-0.39, 0.29) is 17.4 Å². The standard InChI is InChI=1S/C30H37FN6O2/c31-23-17-36(30(39)34-27(23)32)28-29(38)37(25-11-4-3-10-24(25)33-28)26-15-21-9-2-1-8-20(26)16-35(21)22-13-18-6-5-7-19(12-18)14-22/h3-4,10-11,17-22,26H,1-2,5-9,12-16H2,(H2,32,34,39). The van der Waals surface area contributed by atoms with E-state index < -0.39 is 17.3 Å². The molecule has 8 nitrogen and oxygen atoms in total. The first-order chi connectivity index (χ1) is 19.0. The van der Waals surface area contributed by atoms with E-state index in [1.165, 1.54) is 51.4 Å². The Hall–Kier alpha value is -3.07. The number of hydrogen-bond donors (Lipinski definition) is 1. The third kappa shape index (κ3) is 4.39. The SMILES string of the molecule is Nc1nc(=O)n(-c2nc3ccccc3n(C3CC4CCCCC3CN4C3CC4CCCC(C4)C3)c2=O)cc1F. The molecule has 0 radical (unpaired) electrons. The average molecular weight is 533 g/mol.